The normalized spacial score (nSPS) is 11.9. The molecule has 9 heteroatoms. The molecular formula is C20H23F3IN5. The Hall–Kier alpha value is -2.30. The number of halogens is 4. The molecular weight excluding hydrogens is 494 g/mol. The van der Waals surface area contributed by atoms with Gasteiger partial charge in [0.2, 0.25) is 0 Å². The molecule has 2 N–H and O–H groups in total. The highest BCUT2D eigenvalue weighted by atomic mass is 127. The van der Waals surface area contributed by atoms with Gasteiger partial charge in [0.05, 0.1) is 22.9 Å². The third kappa shape index (κ3) is 6.34. The molecule has 3 rings (SSSR count). The summed E-state index contributed by atoms with van der Waals surface area (Å²) in [6.45, 7) is 1.74. The molecule has 3 aromatic rings. The van der Waals surface area contributed by atoms with Gasteiger partial charge in [-0.15, -0.1) is 24.0 Å². The van der Waals surface area contributed by atoms with Crippen molar-refractivity contribution in [1.82, 2.24) is 20.2 Å². The van der Waals surface area contributed by atoms with E-state index in [-0.39, 0.29) is 30.5 Å². The molecule has 0 radical (unpaired) electrons. The maximum absolute atomic E-state index is 12.8. The largest absolute Gasteiger partial charge is 0.416 e. The van der Waals surface area contributed by atoms with Gasteiger partial charge in [-0.2, -0.15) is 13.2 Å². The molecule has 0 fully saturated rings. The molecule has 0 unspecified atom stereocenters. The lowest BCUT2D eigenvalue weighted by Gasteiger charge is -2.13. The molecule has 0 aliphatic heterocycles. The Labute approximate surface area is 184 Å². The Balaban J connectivity index is 0.00000300. The predicted octanol–water partition coefficient (Wildman–Crippen LogP) is 4.43. The first-order valence-corrected chi connectivity index (χ1v) is 8.98. The van der Waals surface area contributed by atoms with Crippen LogP contribution in [0, 0.1) is 0 Å². The summed E-state index contributed by atoms with van der Waals surface area (Å²) >= 11 is 0. The summed E-state index contributed by atoms with van der Waals surface area (Å²) in [6, 6.07) is 13.2. The maximum atomic E-state index is 12.8. The summed E-state index contributed by atoms with van der Waals surface area (Å²) in [5, 5.41) is 6.22. The highest BCUT2D eigenvalue weighted by Crippen LogP contribution is 2.29. The maximum Gasteiger partial charge on any atom is 0.416 e. The van der Waals surface area contributed by atoms with Crippen molar-refractivity contribution in [2.45, 2.75) is 25.7 Å². The van der Waals surface area contributed by atoms with Crippen LogP contribution in [0.4, 0.5) is 13.2 Å². The molecule has 0 amide bonds. The van der Waals surface area contributed by atoms with E-state index in [1.165, 1.54) is 6.07 Å². The van der Waals surface area contributed by atoms with Crippen LogP contribution in [0.2, 0.25) is 0 Å². The number of guanidine groups is 1. The fourth-order valence-corrected chi connectivity index (χ4v) is 2.91. The second kappa shape index (κ2) is 10.5. The monoisotopic (exact) mass is 517 g/mol. The summed E-state index contributed by atoms with van der Waals surface area (Å²) in [7, 11) is 1.63. The number of hydrogen-bond acceptors (Lipinski definition) is 2. The van der Waals surface area contributed by atoms with Crippen LogP contribution in [-0.2, 0) is 19.3 Å². The van der Waals surface area contributed by atoms with Gasteiger partial charge < -0.3 is 15.2 Å². The molecule has 29 heavy (non-hydrogen) atoms. The van der Waals surface area contributed by atoms with Gasteiger partial charge in [-0.05, 0) is 36.2 Å². The molecule has 0 aliphatic rings. The average molecular weight is 517 g/mol. The van der Waals surface area contributed by atoms with E-state index in [2.05, 4.69) is 25.2 Å². The highest BCUT2D eigenvalue weighted by molar-refractivity contribution is 14.0. The van der Waals surface area contributed by atoms with Crippen molar-refractivity contribution in [1.29, 1.82) is 0 Å². The molecule has 0 saturated heterocycles. The number of rotatable bonds is 6. The predicted molar refractivity (Wildman–Crippen MR) is 119 cm³/mol. The Kier molecular flexibility index (Phi) is 8.30. The fourth-order valence-electron chi connectivity index (χ4n) is 2.91. The Morgan fingerprint density at radius 2 is 1.90 bits per heavy atom. The number of para-hydroxylation sites is 2. The second-order valence-corrected chi connectivity index (χ2v) is 6.33. The van der Waals surface area contributed by atoms with Crippen molar-refractivity contribution in [3.63, 3.8) is 0 Å². The SMILES string of the molecule is CN=C(NCCCn1cnc2ccccc21)NCc1cccc(C(F)(F)F)c1.I. The van der Waals surface area contributed by atoms with E-state index < -0.39 is 11.7 Å². The smallest absolute Gasteiger partial charge is 0.356 e. The number of aliphatic imine (C=N–C) groups is 1. The molecule has 0 atom stereocenters. The van der Waals surface area contributed by atoms with Crippen LogP contribution >= 0.6 is 24.0 Å². The zero-order chi connectivity index (χ0) is 20.0. The molecule has 156 valence electrons. The lowest BCUT2D eigenvalue weighted by Crippen LogP contribution is -2.37. The minimum atomic E-state index is -4.34. The van der Waals surface area contributed by atoms with Gasteiger partial charge in [-0.3, -0.25) is 4.99 Å². The van der Waals surface area contributed by atoms with Crippen molar-refractivity contribution in [3.8, 4) is 0 Å². The average Bonchev–Trinajstić information content (AvgIpc) is 3.10. The molecule has 1 aromatic heterocycles. The summed E-state index contributed by atoms with van der Waals surface area (Å²) in [5.41, 5.74) is 1.95. The van der Waals surface area contributed by atoms with E-state index in [0.29, 0.717) is 18.1 Å². The third-order valence-electron chi connectivity index (χ3n) is 4.33. The Morgan fingerprint density at radius 3 is 2.66 bits per heavy atom. The van der Waals surface area contributed by atoms with E-state index >= 15 is 0 Å². The Bertz CT molecular complexity index is 952. The fraction of sp³-hybridized carbons (Fsp3) is 0.300. The lowest BCUT2D eigenvalue weighted by molar-refractivity contribution is -0.137. The number of benzene rings is 2. The number of aromatic nitrogens is 2. The van der Waals surface area contributed by atoms with Crippen molar-refractivity contribution >= 4 is 41.0 Å². The van der Waals surface area contributed by atoms with Crippen LogP contribution < -0.4 is 10.6 Å². The van der Waals surface area contributed by atoms with Gasteiger partial charge in [-0.25, -0.2) is 4.98 Å². The first-order valence-electron chi connectivity index (χ1n) is 8.98. The van der Waals surface area contributed by atoms with E-state index in [1.54, 1.807) is 13.1 Å². The van der Waals surface area contributed by atoms with E-state index in [0.717, 1.165) is 36.1 Å². The Morgan fingerprint density at radius 1 is 1.10 bits per heavy atom. The second-order valence-electron chi connectivity index (χ2n) is 6.33. The van der Waals surface area contributed by atoms with E-state index in [4.69, 9.17) is 0 Å². The van der Waals surface area contributed by atoms with Crippen LogP contribution in [0.15, 0.2) is 59.9 Å². The number of imidazole rings is 1. The molecule has 1 heterocycles. The quantitative estimate of drug-likeness (QED) is 0.220. The van der Waals surface area contributed by atoms with Gasteiger partial charge in [0, 0.05) is 26.7 Å². The zero-order valence-corrected chi connectivity index (χ0v) is 18.2. The van der Waals surface area contributed by atoms with Crippen molar-refractivity contribution < 1.29 is 13.2 Å². The van der Waals surface area contributed by atoms with Gasteiger partial charge in [0.1, 0.15) is 0 Å². The summed E-state index contributed by atoms with van der Waals surface area (Å²) in [4.78, 5) is 8.47. The minimum absolute atomic E-state index is 0. The number of aryl methyl sites for hydroxylation is 1. The summed E-state index contributed by atoms with van der Waals surface area (Å²) in [5.74, 6) is 0.549. The molecule has 0 saturated carbocycles. The van der Waals surface area contributed by atoms with Gasteiger partial charge in [0.15, 0.2) is 5.96 Å². The van der Waals surface area contributed by atoms with Gasteiger partial charge in [-0.1, -0.05) is 24.3 Å². The molecule has 5 nitrogen and oxygen atoms in total. The minimum Gasteiger partial charge on any atom is -0.356 e. The van der Waals surface area contributed by atoms with Gasteiger partial charge >= 0.3 is 6.18 Å². The first kappa shape index (κ1) is 23.0. The summed E-state index contributed by atoms with van der Waals surface area (Å²) in [6.07, 6.45) is -1.66. The molecule has 0 aliphatic carbocycles. The van der Waals surface area contributed by atoms with E-state index in [9.17, 15) is 13.2 Å². The standard InChI is InChI=1S/C20H22F3N5.HI/c1-24-19(26-13-15-6-4-7-16(12-15)20(21,22)23)25-10-5-11-28-14-27-17-8-2-3-9-18(17)28;/h2-4,6-9,12,14H,5,10-11,13H2,1H3,(H2,24,25,26);1H. The summed E-state index contributed by atoms with van der Waals surface area (Å²) < 4.78 is 40.5. The van der Waals surface area contributed by atoms with Crippen LogP contribution in [0.1, 0.15) is 17.5 Å². The number of hydrogen-bond donors (Lipinski definition) is 2. The van der Waals surface area contributed by atoms with Crippen molar-refractivity contribution in [3.05, 3.63) is 66.0 Å². The molecule has 2 aromatic carbocycles. The lowest BCUT2D eigenvalue weighted by atomic mass is 10.1. The number of nitrogens with zero attached hydrogens (tertiary/aromatic N) is 3. The van der Waals surface area contributed by atoms with Crippen LogP contribution in [0.25, 0.3) is 11.0 Å². The van der Waals surface area contributed by atoms with Crippen LogP contribution in [0.3, 0.4) is 0 Å². The molecule has 0 bridgehead atoms. The van der Waals surface area contributed by atoms with Crippen molar-refractivity contribution in [2.24, 2.45) is 4.99 Å². The van der Waals surface area contributed by atoms with Crippen molar-refractivity contribution in [2.75, 3.05) is 13.6 Å². The van der Waals surface area contributed by atoms with Crippen LogP contribution in [0.5, 0.6) is 0 Å². The van der Waals surface area contributed by atoms with Gasteiger partial charge in [0.25, 0.3) is 0 Å². The molecule has 0 spiro atoms. The number of nitrogens with one attached hydrogen (secondary N) is 2. The van der Waals surface area contributed by atoms with E-state index in [1.807, 2.05) is 30.6 Å². The zero-order valence-electron chi connectivity index (χ0n) is 15.9. The topological polar surface area (TPSA) is 54.2 Å². The number of fused-ring (bicyclic) bond motifs is 1. The van der Waals surface area contributed by atoms with Crippen LogP contribution in [-0.4, -0.2) is 29.1 Å². The third-order valence-corrected chi connectivity index (χ3v) is 4.33. The number of alkyl halides is 3. The first-order chi connectivity index (χ1) is 13.5. The highest BCUT2D eigenvalue weighted by Gasteiger charge is 2.30.